The quantitative estimate of drug-likeness (QED) is 0.142. The number of rotatable bonds is 13. The Morgan fingerprint density at radius 1 is 1.04 bits per heavy atom. The van der Waals surface area contributed by atoms with Crippen molar-refractivity contribution in [2.75, 3.05) is 52.6 Å². The van der Waals surface area contributed by atoms with Crippen LogP contribution >= 0.6 is 0 Å². The van der Waals surface area contributed by atoms with Gasteiger partial charge in [-0.3, -0.25) is 9.69 Å². The average Bonchev–Trinajstić information content (AvgIpc) is 3.74. The van der Waals surface area contributed by atoms with Crippen molar-refractivity contribution in [1.82, 2.24) is 4.90 Å². The summed E-state index contributed by atoms with van der Waals surface area (Å²) in [5.74, 6) is 2.30. The molecule has 0 spiro atoms. The number of fused-ring (bicyclic) bond motifs is 1. The van der Waals surface area contributed by atoms with E-state index in [1.807, 2.05) is 45.2 Å². The topological polar surface area (TPSA) is 116 Å². The number of carbonyl (C=O) groups is 2. The molecule has 0 bridgehead atoms. The first-order valence-electron chi connectivity index (χ1n) is 17.0. The number of hydrogen-bond acceptors (Lipinski definition) is 9. The Kier molecular flexibility index (Phi) is 15.7. The van der Waals surface area contributed by atoms with Crippen LogP contribution in [0.4, 0.5) is 5.69 Å². The Morgan fingerprint density at radius 2 is 1.69 bits per heavy atom. The van der Waals surface area contributed by atoms with E-state index >= 15 is 0 Å². The van der Waals surface area contributed by atoms with Crippen molar-refractivity contribution in [2.24, 2.45) is 0 Å². The molecule has 2 atom stereocenters. The molecule has 2 aliphatic heterocycles. The maximum absolute atomic E-state index is 11.4. The van der Waals surface area contributed by atoms with Gasteiger partial charge in [0.2, 0.25) is 12.5 Å². The molecule has 49 heavy (non-hydrogen) atoms. The number of aldehydes is 1. The van der Waals surface area contributed by atoms with Crippen molar-refractivity contribution in [3.8, 4) is 23.0 Å². The van der Waals surface area contributed by atoms with Crippen LogP contribution < -0.4 is 24.3 Å². The first-order valence-corrected chi connectivity index (χ1v) is 17.0. The number of likely N-dealkylation sites (tertiary alicyclic amines) is 1. The summed E-state index contributed by atoms with van der Waals surface area (Å²) in [5.41, 5.74) is 7.87. The van der Waals surface area contributed by atoms with Gasteiger partial charge >= 0.3 is 0 Å². The third kappa shape index (κ3) is 11.4. The summed E-state index contributed by atoms with van der Waals surface area (Å²) in [6, 6.07) is 16.9. The summed E-state index contributed by atoms with van der Waals surface area (Å²) in [6.07, 6.45) is 4.28. The van der Waals surface area contributed by atoms with Crippen molar-refractivity contribution >= 4 is 17.9 Å². The molecule has 1 saturated heterocycles. The Hall–Kier alpha value is -4.28. The van der Waals surface area contributed by atoms with Crippen molar-refractivity contribution in [3.63, 3.8) is 0 Å². The number of methoxy groups -OCH3 is 1. The highest BCUT2D eigenvalue weighted by Gasteiger charge is 2.35. The molecule has 0 saturated carbocycles. The van der Waals surface area contributed by atoms with E-state index in [0.717, 1.165) is 50.3 Å². The minimum absolute atomic E-state index is 0.153. The lowest BCUT2D eigenvalue weighted by molar-refractivity contribution is -0.134. The molecule has 268 valence electrons. The van der Waals surface area contributed by atoms with Gasteiger partial charge in [-0.25, -0.2) is 0 Å². The summed E-state index contributed by atoms with van der Waals surface area (Å²) in [6.45, 7) is 14.1. The third-order valence-electron chi connectivity index (χ3n) is 8.39. The molecule has 2 N–H and O–H groups in total. The highest BCUT2D eigenvalue weighted by molar-refractivity contribution is 5.63. The zero-order valence-electron chi connectivity index (χ0n) is 30.3. The zero-order chi connectivity index (χ0) is 35.9. The van der Waals surface area contributed by atoms with Crippen LogP contribution in [0.15, 0.2) is 48.5 Å². The summed E-state index contributed by atoms with van der Waals surface area (Å²) in [7, 11) is 3.64. The van der Waals surface area contributed by atoms with Gasteiger partial charge in [0, 0.05) is 32.2 Å². The maximum Gasteiger partial charge on any atom is 0.300 e. The third-order valence-corrected chi connectivity index (χ3v) is 8.39. The lowest BCUT2D eigenvalue weighted by Gasteiger charge is -2.22. The van der Waals surface area contributed by atoms with Gasteiger partial charge < -0.3 is 38.9 Å². The second-order valence-corrected chi connectivity index (χ2v) is 12.3. The Balaban J connectivity index is 0.000000317. The minimum atomic E-state index is -0.833. The molecule has 2 aliphatic rings. The van der Waals surface area contributed by atoms with E-state index in [9.17, 15) is 4.79 Å². The predicted molar refractivity (Wildman–Crippen MR) is 193 cm³/mol. The van der Waals surface area contributed by atoms with Gasteiger partial charge in [-0.1, -0.05) is 43.7 Å². The van der Waals surface area contributed by atoms with Gasteiger partial charge in [-0.15, -0.1) is 0 Å². The summed E-state index contributed by atoms with van der Waals surface area (Å²) < 4.78 is 27.9. The van der Waals surface area contributed by atoms with E-state index in [0.29, 0.717) is 37.0 Å². The highest BCUT2D eigenvalue weighted by atomic mass is 16.7. The number of anilines is 1. The minimum Gasteiger partial charge on any atom is -0.493 e. The summed E-state index contributed by atoms with van der Waals surface area (Å²) in [4.78, 5) is 22.6. The van der Waals surface area contributed by atoms with Crippen molar-refractivity contribution in [1.29, 1.82) is 0 Å². The second kappa shape index (κ2) is 19.7. The molecule has 10 nitrogen and oxygen atoms in total. The Bertz CT molecular complexity index is 1460. The van der Waals surface area contributed by atoms with Gasteiger partial charge in [0.25, 0.3) is 5.97 Å². The highest BCUT2D eigenvalue weighted by Crippen LogP contribution is 2.47. The predicted octanol–water partition coefficient (Wildman–Crippen LogP) is 7.21. The van der Waals surface area contributed by atoms with E-state index in [1.165, 1.54) is 27.9 Å². The number of aryl methyl sites for hydroxylation is 3. The van der Waals surface area contributed by atoms with Gasteiger partial charge in [-0.2, -0.15) is 0 Å². The molecule has 0 unspecified atom stereocenters. The lowest BCUT2D eigenvalue weighted by atomic mass is 9.93. The number of ether oxygens (including phenoxy) is 5. The molecule has 0 aliphatic carbocycles. The molecule has 3 aromatic rings. The van der Waals surface area contributed by atoms with Crippen LogP contribution in [0.1, 0.15) is 80.8 Å². The zero-order valence-corrected chi connectivity index (χ0v) is 30.3. The number of carboxylic acid groups (broad SMARTS) is 1. The molecule has 0 aromatic heterocycles. The van der Waals surface area contributed by atoms with E-state index in [2.05, 4.69) is 55.3 Å². The van der Waals surface area contributed by atoms with Gasteiger partial charge in [0.15, 0.2) is 11.5 Å². The van der Waals surface area contributed by atoms with Crippen LogP contribution in [0.3, 0.4) is 0 Å². The van der Waals surface area contributed by atoms with Crippen molar-refractivity contribution < 1.29 is 38.4 Å². The smallest absolute Gasteiger partial charge is 0.300 e. The number of carbonyl (C=O) groups excluding carboxylic acids is 1. The number of carboxylic acids is 1. The van der Waals surface area contributed by atoms with Gasteiger partial charge in [0.05, 0.1) is 26.4 Å². The number of nitrogens with zero attached hydrogens (tertiary/aromatic N) is 1. The maximum atomic E-state index is 11.4. The van der Waals surface area contributed by atoms with Crippen molar-refractivity contribution in [3.05, 3.63) is 76.3 Å². The van der Waals surface area contributed by atoms with E-state index < -0.39 is 5.97 Å². The number of nitrogens with one attached hydrogen (secondary N) is 1. The second-order valence-electron chi connectivity index (χ2n) is 12.3. The molecule has 3 aromatic carbocycles. The molecule has 0 radical (unpaired) electrons. The lowest BCUT2D eigenvalue weighted by Crippen LogP contribution is -2.25. The molecular weight excluding hydrogens is 624 g/mol. The fourth-order valence-electron chi connectivity index (χ4n) is 6.23. The molecular formula is C39H54N2O8. The van der Waals surface area contributed by atoms with Crippen molar-refractivity contribution in [2.45, 2.75) is 78.9 Å². The van der Waals surface area contributed by atoms with Crippen LogP contribution in [0.25, 0.3) is 0 Å². The van der Waals surface area contributed by atoms with Crippen LogP contribution in [0.2, 0.25) is 0 Å². The molecule has 5 rings (SSSR count). The average molecular weight is 679 g/mol. The Labute approximate surface area is 291 Å². The van der Waals surface area contributed by atoms with Crippen LogP contribution in [-0.4, -0.2) is 75.6 Å². The SMILES string of the molecule is CC(=O)O.CCc1cc(C)cc(CC)c1NC.COc1cc([C@@H]2C[C@H](c3ccc(OCCOC(C)C)cc3)N(CC=O)C2)cc2c1OCO2. The summed E-state index contributed by atoms with van der Waals surface area (Å²) in [5, 5.41) is 10.7. The van der Waals surface area contributed by atoms with Crippen LogP contribution in [-0.2, 0) is 27.2 Å². The normalized spacial score (nSPS) is 16.3. The number of aliphatic carboxylic acids is 1. The number of hydrogen-bond donors (Lipinski definition) is 2. The van der Waals surface area contributed by atoms with E-state index in [-0.39, 0.29) is 24.9 Å². The standard InChI is InChI=1S/C25H31NO6.C12H19N.C2H4O2/c1-17(2)29-10-11-30-21-6-4-18(5-7-21)22-12-20(15-26(22)8-9-27)19-13-23(28-3)25-24(14-19)31-16-32-25;1-5-10-7-9(3)8-11(6-2)12(10)13-4;1-2(3)4/h4-7,9,13-14,17,20,22H,8,10-12,15-16H2,1-3H3;7-8,13H,5-6H2,1-4H3;1H3,(H,3,4)/t20-,22-;;/m1../s1. The monoisotopic (exact) mass is 678 g/mol. The molecule has 2 heterocycles. The van der Waals surface area contributed by atoms with E-state index in [4.69, 9.17) is 33.6 Å². The first kappa shape index (κ1) is 39.2. The fraction of sp³-hybridized carbons (Fsp3) is 0.487. The molecule has 0 amide bonds. The molecule has 1 fully saturated rings. The first-order chi connectivity index (χ1) is 23.5. The van der Waals surface area contributed by atoms with E-state index in [1.54, 1.807) is 7.11 Å². The van der Waals surface area contributed by atoms with Gasteiger partial charge in [-0.05, 0) is 92.5 Å². The Morgan fingerprint density at radius 3 is 2.24 bits per heavy atom. The molecule has 10 heteroatoms. The number of benzene rings is 3. The van der Waals surface area contributed by atoms with Gasteiger partial charge in [0.1, 0.15) is 18.6 Å². The summed E-state index contributed by atoms with van der Waals surface area (Å²) >= 11 is 0. The van der Waals surface area contributed by atoms with Crippen LogP contribution in [0, 0.1) is 6.92 Å². The van der Waals surface area contributed by atoms with Crippen LogP contribution in [0.5, 0.6) is 23.0 Å². The largest absolute Gasteiger partial charge is 0.493 e. The fourth-order valence-corrected chi connectivity index (χ4v) is 6.23.